The Labute approximate surface area is 107 Å². The van der Waals surface area contributed by atoms with Crippen LogP contribution >= 0.6 is 0 Å². The van der Waals surface area contributed by atoms with Crippen LogP contribution in [0.25, 0.3) is 6.08 Å². The molecule has 1 aromatic rings. The molecule has 4 nitrogen and oxygen atoms in total. The van der Waals surface area contributed by atoms with E-state index < -0.39 is 12.1 Å². The van der Waals surface area contributed by atoms with Crippen molar-refractivity contribution < 1.29 is 32.5 Å². The van der Waals surface area contributed by atoms with E-state index in [1.54, 1.807) is 0 Å². The summed E-state index contributed by atoms with van der Waals surface area (Å²) in [5.41, 5.74) is -0.226. The third-order valence-corrected chi connectivity index (χ3v) is 2.21. The third-order valence-electron chi connectivity index (χ3n) is 2.21. The van der Waals surface area contributed by atoms with Gasteiger partial charge in [-0.15, -0.1) is 0 Å². The fraction of sp³-hybridized carbons (Fsp3) is 0.250. The van der Waals surface area contributed by atoms with Gasteiger partial charge in [0, 0.05) is 11.6 Å². The summed E-state index contributed by atoms with van der Waals surface area (Å²) < 4.78 is 46.3. The number of benzene rings is 1. The first-order chi connectivity index (χ1) is 8.78. The normalized spacial score (nSPS) is 11.6. The van der Waals surface area contributed by atoms with Crippen molar-refractivity contribution in [3.8, 4) is 11.5 Å². The van der Waals surface area contributed by atoms with E-state index >= 15 is 0 Å². The second-order valence-electron chi connectivity index (χ2n) is 3.48. The number of rotatable bonds is 4. The molecule has 104 valence electrons. The lowest BCUT2D eigenvalue weighted by molar-refractivity contribution is -0.0790. The number of methoxy groups -OCH3 is 2. The summed E-state index contributed by atoms with van der Waals surface area (Å²) in [6.45, 7) is 0. The minimum Gasteiger partial charge on any atom is -0.493 e. The molecule has 0 aliphatic heterocycles. The van der Waals surface area contributed by atoms with E-state index in [1.807, 2.05) is 0 Å². The van der Waals surface area contributed by atoms with Crippen molar-refractivity contribution in [3.05, 3.63) is 29.3 Å². The first-order valence-corrected chi connectivity index (χ1v) is 5.03. The molecule has 0 heterocycles. The largest absolute Gasteiger partial charge is 0.493 e. The minimum atomic E-state index is -4.50. The first-order valence-electron chi connectivity index (χ1n) is 5.03. The van der Waals surface area contributed by atoms with Crippen LogP contribution in [0.5, 0.6) is 11.5 Å². The minimum absolute atomic E-state index is 0.00404. The summed E-state index contributed by atoms with van der Waals surface area (Å²) in [6.07, 6.45) is -3.78. The topological polar surface area (TPSA) is 55.8 Å². The molecule has 0 aliphatic rings. The fourth-order valence-electron chi connectivity index (χ4n) is 1.43. The maximum Gasteiger partial charge on any atom is 0.409 e. The monoisotopic (exact) mass is 276 g/mol. The van der Waals surface area contributed by atoms with Crippen molar-refractivity contribution in [2.45, 2.75) is 6.18 Å². The Hall–Kier alpha value is -2.18. The molecule has 1 aromatic carbocycles. The maximum atomic E-state index is 12.1. The smallest absolute Gasteiger partial charge is 0.409 e. The first kappa shape index (κ1) is 14.9. The average Bonchev–Trinajstić information content (AvgIpc) is 2.33. The molecule has 0 atom stereocenters. The highest BCUT2D eigenvalue weighted by molar-refractivity contribution is 5.90. The number of alkyl halides is 3. The molecule has 0 amide bonds. The van der Waals surface area contributed by atoms with E-state index in [0.717, 1.165) is 12.1 Å². The van der Waals surface area contributed by atoms with Crippen LogP contribution in [-0.2, 0) is 0 Å². The van der Waals surface area contributed by atoms with Crippen LogP contribution in [0.4, 0.5) is 13.2 Å². The van der Waals surface area contributed by atoms with E-state index in [9.17, 15) is 18.0 Å². The van der Waals surface area contributed by atoms with Crippen molar-refractivity contribution >= 4 is 12.0 Å². The van der Waals surface area contributed by atoms with E-state index in [-0.39, 0.29) is 28.7 Å². The van der Waals surface area contributed by atoms with Gasteiger partial charge in [0.2, 0.25) is 0 Å². The molecule has 1 rings (SSSR count). The second kappa shape index (κ2) is 5.64. The number of allylic oxidation sites excluding steroid dienone is 1. The summed E-state index contributed by atoms with van der Waals surface area (Å²) in [5, 5.41) is 8.88. The van der Waals surface area contributed by atoms with Crippen molar-refractivity contribution in [2.24, 2.45) is 0 Å². The van der Waals surface area contributed by atoms with Crippen molar-refractivity contribution in [3.63, 3.8) is 0 Å². The zero-order valence-corrected chi connectivity index (χ0v) is 10.1. The molecule has 0 unspecified atom stereocenters. The summed E-state index contributed by atoms with van der Waals surface area (Å²) >= 11 is 0. The summed E-state index contributed by atoms with van der Waals surface area (Å²) in [4.78, 5) is 10.9. The second-order valence-corrected chi connectivity index (χ2v) is 3.48. The number of halogens is 3. The molecule has 0 bridgehead atoms. The van der Waals surface area contributed by atoms with Crippen LogP contribution in [-0.4, -0.2) is 31.5 Å². The Kier molecular flexibility index (Phi) is 4.42. The number of carbonyl (C=O) groups is 1. The van der Waals surface area contributed by atoms with Gasteiger partial charge in [0.05, 0.1) is 19.8 Å². The molecule has 1 N–H and O–H groups in total. The lowest BCUT2D eigenvalue weighted by Gasteiger charge is -2.12. The van der Waals surface area contributed by atoms with E-state index in [4.69, 9.17) is 14.6 Å². The number of carboxylic acid groups (broad SMARTS) is 1. The molecule has 0 radical (unpaired) electrons. The zero-order valence-electron chi connectivity index (χ0n) is 10.1. The van der Waals surface area contributed by atoms with Crippen LogP contribution in [0.15, 0.2) is 18.2 Å². The number of hydrogen-bond donors (Lipinski definition) is 1. The average molecular weight is 276 g/mol. The van der Waals surface area contributed by atoms with Gasteiger partial charge in [-0.2, -0.15) is 13.2 Å². The van der Waals surface area contributed by atoms with Crippen molar-refractivity contribution in [1.82, 2.24) is 0 Å². The zero-order chi connectivity index (χ0) is 14.6. The molecule has 7 heteroatoms. The molecule has 0 saturated heterocycles. The van der Waals surface area contributed by atoms with E-state index in [1.165, 1.54) is 20.3 Å². The Bertz CT molecular complexity index is 506. The summed E-state index contributed by atoms with van der Waals surface area (Å²) in [5.74, 6) is -1.19. The molecule has 0 spiro atoms. The fourth-order valence-corrected chi connectivity index (χ4v) is 1.43. The van der Waals surface area contributed by atoms with Gasteiger partial charge in [-0.3, -0.25) is 0 Å². The quantitative estimate of drug-likeness (QED) is 0.918. The molecular weight excluding hydrogens is 265 g/mol. The number of ether oxygens (including phenoxy) is 2. The standard InChI is InChI=1S/C12H11F3O4/c1-18-9-6-8(11(16)17)5-7(10(9)19-2)3-4-12(13,14)15/h3-6H,1-2H3,(H,16,17). The maximum absolute atomic E-state index is 12.1. The highest BCUT2D eigenvalue weighted by Crippen LogP contribution is 2.34. The predicted molar refractivity (Wildman–Crippen MR) is 61.6 cm³/mol. The van der Waals surface area contributed by atoms with Gasteiger partial charge in [-0.25, -0.2) is 4.79 Å². The van der Waals surface area contributed by atoms with Crippen LogP contribution < -0.4 is 9.47 Å². The van der Waals surface area contributed by atoms with Crippen LogP contribution in [0, 0.1) is 0 Å². The molecular formula is C12H11F3O4. The van der Waals surface area contributed by atoms with Crippen LogP contribution in [0.1, 0.15) is 15.9 Å². The Morgan fingerprint density at radius 3 is 2.32 bits per heavy atom. The molecule has 0 aromatic heterocycles. The van der Waals surface area contributed by atoms with Crippen LogP contribution in [0.2, 0.25) is 0 Å². The third kappa shape index (κ3) is 3.90. The van der Waals surface area contributed by atoms with Gasteiger partial charge in [0.1, 0.15) is 0 Å². The van der Waals surface area contributed by atoms with Crippen LogP contribution in [0.3, 0.4) is 0 Å². The number of hydrogen-bond acceptors (Lipinski definition) is 3. The SMILES string of the molecule is COc1cc(C(=O)O)cc(C=CC(F)(F)F)c1OC. The summed E-state index contributed by atoms with van der Waals surface area (Å²) in [6, 6.07) is 2.25. The lowest BCUT2D eigenvalue weighted by Crippen LogP contribution is -2.03. The molecule has 0 aliphatic carbocycles. The lowest BCUT2D eigenvalue weighted by atomic mass is 10.1. The van der Waals surface area contributed by atoms with E-state index in [2.05, 4.69) is 0 Å². The Balaban J connectivity index is 3.38. The van der Waals surface area contributed by atoms with E-state index in [0.29, 0.717) is 0 Å². The Morgan fingerprint density at radius 2 is 1.89 bits per heavy atom. The molecule has 0 saturated carbocycles. The highest BCUT2D eigenvalue weighted by atomic mass is 19.4. The Morgan fingerprint density at radius 1 is 1.26 bits per heavy atom. The van der Waals surface area contributed by atoms with Crippen molar-refractivity contribution in [2.75, 3.05) is 14.2 Å². The molecule has 0 fully saturated rings. The van der Waals surface area contributed by atoms with Gasteiger partial charge in [0.25, 0.3) is 0 Å². The number of carboxylic acids is 1. The predicted octanol–water partition coefficient (Wildman–Crippen LogP) is 2.98. The van der Waals surface area contributed by atoms with Gasteiger partial charge in [-0.1, -0.05) is 0 Å². The number of aromatic carboxylic acids is 1. The van der Waals surface area contributed by atoms with Gasteiger partial charge in [-0.05, 0) is 18.2 Å². The van der Waals surface area contributed by atoms with Gasteiger partial charge >= 0.3 is 12.1 Å². The summed E-state index contributed by atoms with van der Waals surface area (Å²) in [7, 11) is 2.52. The van der Waals surface area contributed by atoms with Gasteiger partial charge in [0.15, 0.2) is 11.5 Å². The highest BCUT2D eigenvalue weighted by Gasteiger charge is 2.23. The molecule has 19 heavy (non-hydrogen) atoms. The van der Waals surface area contributed by atoms with Gasteiger partial charge < -0.3 is 14.6 Å². The van der Waals surface area contributed by atoms with Crippen molar-refractivity contribution in [1.29, 1.82) is 0 Å².